The fourth-order valence-electron chi connectivity index (χ4n) is 2.52. The summed E-state index contributed by atoms with van der Waals surface area (Å²) in [4.78, 5) is 30.8. The van der Waals surface area contributed by atoms with Crippen molar-refractivity contribution in [1.82, 2.24) is 14.5 Å². The van der Waals surface area contributed by atoms with Gasteiger partial charge in [-0.15, -0.1) is 0 Å². The van der Waals surface area contributed by atoms with Crippen LogP contribution in [-0.2, 0) is 0 Å². The lowest BCUT2D eigenvalue weighted by molar-refractivity contribution is 0.579. The number of pyridine rings is 1. The van der Waals surface area contributed by atoms with Crippen LogP contribution in [0.25, 0.3) is 22.2 Å². The van der Waals surface area contributed by atoms with Gasteiger partial charge in [0.15, 0.2) is 0 Å². The number of hydrogen-bond donors (Lipinski definition) is 1. The van der Waals surface area contributed by atoms with Gasteiger partial charge in [-0.25, -0.2) is 14.2 Å². The molecule has 3 rings (SSSR count). The van der Waals surface area contributed by atoms with Gasteiger partial charge in [0.2, 0.25) is 0 Å². The van der Waals surface area contributed by atoms with Gasteiger partial charge in [-0.1, -0.05) is 12.1 Å². The molecule has 112 valence electrons. The van der Waals surface area contributed by atoms with E-state index in [0.717, 1.165) is 0 Å². The molecule has 0 aliphatic heterocycles. The molecule has 1 aromatic carbocycles. The van der Waals surface area contributed by atoms with E-state index >= 15 is 0 Å². The van der Waals surface area contributed by atoms with Crippen LogP contribution in [0.1, 0.15) is 19.9 Å². The van der Waals surface area contributed by atoms with Crippen LogP contribution in [0.4, 0.5) is 4.39 Å². The third-order valence-electron chi connectivity index (χ3n) is 3.50. The molecule has 0 radical (unpaired) electrons. The van der Waals surface area contributed by atoms with E-state index in [0.29, 0.717) is 22.2 Å². The van der Waals surface area contributed by atoms with E-state index in [1.54, 1.807) is 24.4 Å². The Bertz CT molecular complexity index is 956. The number of nitrogens with zero attached hydrogens (tertiary/aromatic N) is 2. The van der Waals surface area contributed by atoms with E-state index < -0.39 is 11.2 Å². The summed E-state index contributed by atoms with van der Waals surface area (Å²) in [5.41, 5.74) is 0.639. The summed E-state index contributed by atoms with van der Waals surface area (Å²) in [5.74, 6) is -0.352. The lowest BCUT2D eigenvalue weighted by atomic mass is 10.0. The molecule has 0 bridgehead atoms. The van der Waals surface area contributed by atoms with Crippen molar-refractivity contribution in [3.8, 4) is 11.1 Å². The fourth-order valence-corrected chi connectivity index (χ4v) is 2.52. The molecule has 6 heteroatoms. The Morgan fingerprint density at radius 3 is 2.45 bits per heavy atom. The van der Waals surface area contributed by atoms with Gasteiger partial charge in [0.25, 0.3) is 5.56 Å². The van der Waals surface area contributed by atoms with E-state index in [1.807, 2.05) is 13.8 Å². The SMILES string of the molecule is CC(C)n1c(=O)[nH]c(=O)c2c(-c3ccc(F)cc3)ccnc21. The molecule has 0 spiro atoms. The highest BCUT2D eigenvalue weighted by Crippen LogP contribution is 2.25. The Balaban J connectivity index is 2.43. The molecule has 0 aliphatic carbocycles. The second kappa shape index (κ2) is 5.22. The van der Waals surface area contributed by atoms with Crippen molar-refractivity contribution in [3.05, 3.63) is 63.2 Å². The number of halogens is 1. The quantitative estimate of drug-likeness (QED) is 0.790. The highest BCUT2D eigenvalue weighted by atomic mass is 19.1. The van der Waals surface area contributed by atoms with Crippen LogP contribution in [0, 0.1) is 5.82 Å². The topological polar surface area (TPSA) is 67.8 Å². The number of fused-ring (bicyclic) bond motifs is 1. The van der Waals surface area contributed by atoms with Crippen molar-refractivity contribution in [2.45, 2.75) is 19.9 Å². The summed E-state index contributed by atoms with van der Waals surface area (Å²) < 4.78 is 14.5. The predicted octanol–water partition coefficient (Wildman–Crippen LogP) is 2.47. The number of benzene rings is 1. The first-order valence-electron chi connectivity index (χ1n) is 6.88. The molecule has 0 fully saturated rings. The lowest BCUT2D eigenvalue weighted by Gasteiger charge is -2.13. The summed E-state index contributed by atoms with van der Waals surface area (Å²) in [7, 11) is 0. The molecule has 3 aromatic rings. The first-order valence-corrected chi connectivity index (χ1v) is 6.88. The molecule has 0 atom stereocenters. The zero-order valence-electron chi connectivity index (χ0n) is 12.1. The Kier molecular flexibility index (Phi) is 3.36. The van der Waals surface area contributed by atoms with Gasteiger partial charge >= 0.3 is 5.69 Å². The first-order chi connectivity index (χ1) is 10.5. The maximum Gasteiger partial charge on any atom is 0.330 e. The molecule has 0 unspecified atom stereocenters. The van der Waals surface area contributed by atoms with Crippen LogP contribution in [0.15, 0.2) is 46.1 Å². The molecule has 22 heavy (non-hydrogen) atoms. The van der Waals surface area contributed by atoms with Gasteiger partial charge in [0, 0.05) is 12.2 Å². The van der Waals surface area contributed by atoms with E-state index in [9.17, 15) is 14.0 Å². The predicted molar refractivity (Wildman–Crippen MR) is 82.4 cm³/mol. The fraction of sp³-hybridized carbons (Fsp3) is 0.188. The maximum atomic E-state index is 13.1. The van der Waals surface area contributed by atoms with Crippen LogP contribution < -0.4 is 11.2 Å². The third kappa shape index (κ3) is 2.22. The Labute approximate surface area is 125 Å². The number of aromatic nitrogens is 3. The second-order valence-corrected chi connectivity index (χ2v) is 5.29. The van der Waals surface area contributed by atoms with Crippen molar-refractivity contribution < 1.29 is 4.39 Å². The van der Waals surface area contributed by atoms with Crippen molar-refractivity contribution >= 4 is 11.0 Å². The number of H-pyrrole nitrogens is 1. The molecule has 2 heterocycles. The normalized spacial score (nSPS) is 11.3. The Morgan fingerprint density at radius 1 is 1.14 bits per heavy atom. The van der Waals surface area contributed by atoms with E-state index in [-0.39, 0.29) is 11.9 Å². The monoisotopic (exact) mass is 299 g/mol. The van der Waals surface area contributed by atoms with Crippen molar-refractivity contribution in [3.63, 3.8) is 0 Å². The Hall–Kier alpha value is -2.76. The van der Waals surface area contributed by atoms with Crippen LogP contribution in [0.5, 0.6) is 0 Å². The van der Waals surface area contributed by atoms with Crippen LogP contribution in [-0.4, -0.2) is 14.5 Å². The zero-order chi connectivity index (χ0) is 15.9. The molecule has 0 saturated heterocycles. The maximum absolute atomic E-state index is 13.1. The van der Waals surface area contributed by atoms with Gasteiger partial charge in [-0.3, -0.25) is 14.3 Å². The zero-order valence-corrected chi connectivity index (χ0v) is 12.1. The molecular weight excluding hydrogens is 285 g/mol. The Morgan fingerprint density at radius 2 is 1.82 bits per heavy atom. The van der Waals surface area contributed by atoms with Gasteiger partial charge < -0.3 is 0 Å². The van der Waals surface area contributed by atoms with Gasteiger partial charge in [0.05, 0.1) is 5.39 Å². The van der Waals surface area contributed by atoms with Gasteiger partial charge in [0.1, 0.15) is 11.5 Å². The number of rotatable bonds is 2. The lowest BCUT2D eigenvalue weighted by Crippen LogP contribution is -2.32. The molecule has 5 nitrogen and oxygen atoms in total. The van der Waals surface area contributed by atoms with E-state index in [4.69, 9.17) is 0 Å². The van der Waals surface area contributed by atoms with Crippen molar-refractivity contribution in [1.29, 1.82) is 0 Å². The molecule has 1 N–H and O–H groups in total. The summed E-state index contributed by atoms with van der Waals surface area (Å²) in [5, 5.41) is 0.322. The third-order valence-corrected chi connectivity index (χ3v) is 3.50. The molecule has 2 aromatic heterocycles. The molecule has 0 aliphatic rings. The standard InChI is InChI=1S/C16H14FN3O2/c1-9(2)20-14-13(15(21)19-16(20)22)12(7-8-18-14)10-3-5-11(17)6-4-10/h3-9H,1-2H3,(H,19,21,22). The summed E-state index contributed by atoms with van der Waals surface area (Å²) >= 11 is 0. The number of hydrogen-bond acceptors (Lipinski definition) is 3. The molecular formula is C16H14FN3O2. The minimum atomic E-state index is -0.496. The van der Waals surface area contributed by atoms with E-state index in [1.165, 1.54) is 16.7 Å². The largest absolute Gasteiger partial charge is 0.330 e. The summed E-state index contributed by atoms with van der Waals surface area (Å²) in [6.07, 6.45) is 1.54. The van der Waals surface area contributed by atoms with Gasteiger partial charge in [-0.05, 0) is 43.2 Å². The van der Waals surface area contributed by atoms with Crippen LogP contribution in [0.3, 0.4) is 0 Å². The summed E-state index contributed by atoms with van der Waals surface area (Å²) in [6.45, 7) is 3.68. The number of aromatic amines is 1. The number of nitrogens with one attached hydrogen (secondary N) is 1. The van der Waals surface area contributed by atoms with E-state index in [2.05, 4.69) is 9.97 Å². The molecule has 0 saturated carbocycles. The average molecular weight is 299 g/mol. The second-order valence-electron chi connectivity index (χ2n) is 5.29. The minimum Gasteiger partial charge on any atom is -0.275 e. The smallest absolute Gasteiger partial charge is 0.275 e. The highest BCUT2D eigenvalue weighted by Gasteiger charge is 2.15. The highest BCUT2D eigenvalue weighted by molar-refractivity contribution is 5.91. The van der Waals surface area contributed by atoms with Crippen molar-refractivity contribution in [2.24, 2.45) is 0 Å². The van der Waals surface area contributed by atoms with Crippen LogP contribution >= 0.6 is 0 Å². The summed E-state index contributed by atoms with van der Waals surface area (Å²) in [6, 6.07) is 7.37. The minimum absolute atomic E-state index is 0.150. The van der Waals surface area contributed by atoms with Crippen molar-refractivity contribution in [2.75, 3.05) is 0 Å². The molecule has 0 amide bonds. The first kappa shape index (κ1) is 14.2. The van der Waals surface area contributed by atoms with Crippen LogP contribution in [0.2, 0.25) is 0 Å². The van der Waals surface area contributed by atoms with Gasteiger partial charge in [-0.2, -0.15) is 0 Å². The average Bonchev–Trinajstić information content (AvgIpc) is 2.47.